The van der Waals surface area contributed by atoms with E-state index in [9.17, 15) is 18.0 Å². The monoisotopic (exact) mass is 318 g/mol. The molecule has 8 heteroatoms. The number of rotatable bonds is 5. The Bertz CT molecular complexity index is 568. The number of carbonyl (C=O) groups is 1. The molecule has 21 heavy (non-hydrogen) atoms. The summed E-state index contributed by atoms with van der Waals surface area (Å²) in [5.41, 5.74) is 1.29. The Morgan fingerprint density at radius 2 is 2.14 bits per heavy atom. The molecule has 0 aliphatic rings. The molecule has 114 valence electrons. The van der Waals surface area contributed by atoms with Crippen molar-refractivity contribution in [3.05, 3.63) is 28.8 Å². The van der Waals surface area contributed by atoms with Crippen molar-refractivity contribution in [3.63, 3.8) is 0 Å². The van der Waals surface area contributed by atoms with Crippen molar-refractivity contribution in [2.45, 2.75) is 30.3 Å². The third kappa shape index (κ3) is 5.28. The Hall–Kier alpha value is -1.72. The molecule has 0 saturated heterocycles. The largest absolute Gasteiger partial charge is 0.466 e. The third-order valence-electron chi connectivity index (χ3n) is 2.48. The maximum Gasteiger partial charge on any atom is 0.446 e. The van der Waals surface area contributed by atoms with Gasteiger partial charge in [-0.15, -0.1) is 0 Å². The summed E-state index contributed by atoms with van der Waals surface area (Å²) in [6.45, 7) is 1.70. The van der Waals surface area contributed by atoms with Crippen molar-refractivity contribution in [2.75, 3.05) is 6.61 Å². The van der Waals surface area contributed by atoms with Crippen LogP contribution in [0.4, 0.5) is 13.2 Å². The van der Waals surface area contributed by atoms with E-state index in [0.717, 1.165) is 0 Å². The fourth-order valence-electron chi connectivity index (χ4n) is 1.67. The molecule has 0 bridgehead atoms. The number of hydrogen-bond acceptors (Lipinski definition) is 5. The second-order valence-electron chi connectivity index (χ2n) is 3.97. The molecule has 0 radical (unpaired) electrons. The molecule has 2 N–H and O–H groups in total. The van der Waals surface area contributed by atoms with E-state index in [4.69, 9.17) is 15.7 Å². The Morgan fingerprint density at radius 3 is 2.62 bits per heavy atom. The molecule has 0 aromatic heterocycles. The lowest BCUT2D eigenvalue weighted by atomic mass is 10.0. The minimum Gasteiger partial charge on any atom is -0.466 e. The number of hydrogen-bond donors (Lipinski definition) is 1. The summed E-state index contributed by atoms with van der Waals surface area (Å²) in [5, 5.41) is 9.07. The van der Waals surface area contributed by atoms with Crippen molar-refractivity contribution in [3.8, 4) is 6.07 Å². The van der Waals surface area contributed by atoms with Crippen LogP contribution >= 0.6 is 11.8 Å². The van der Waals surface area contributed by atoms with Gasteiger partial charge in [0.2, 0.25) is 0 Å². The molecular formula is C13H13F3N2O2S. The van der Waals surface area contributed by atoms with Crippen LogP contribution in [-0.4, -0.2) is 18.1 Å². The van der Waals surface area contributed by atoms with Gasteiger partial charge >= 0.3 is 11.5 Å². The highest BCUT2D eigenvalue weighted by Crippen LogP contribution is 2.40. The van der Waals surface area contributed by atoms with E-state index in [0.29, 0.717) is 5.56 Å². The summed E-state index contributed by atoms with van der Waals surface area (Å²) >= 11 is -0.368. The zero-order chi connectivity index (χ0) is 16.0. The number of esters is 1. The molecule has 0 aliphatic carbocycles. The van der Waals surface area contributed by atoms with Crippen molar-refractivity contribution in [1.82, 2.24) is 0 Å². The topological polar surface area (TPSA) is 76.1 Å². The average Bonchev–Trinajstić information content (AvgIpc) is 2.39. The number of nitriles is 1. The van der Waals surface area contributed by atoms with Crippen LogP contribution < -0.4 is 5.73 Å². The lowest BCUT2D eigenvalue weighted by Crippen LogP contribution is -2.12. The Kier molecular flexibility index (Phi) is 6.05. The molecule has 0 amide bonds. The molecule has 0 atom stereocenters. The summed E-state index contributed by atoms with van der Waals surface area (Å²) in [6.07, 6.45) is -0.389. The first-order valence-electron chi connectivity index (χ1n) is 5.98. The van der Waals surface area contributed by atoms with Gasteiger partial charge in [-0.2, -0.15) is 18.4 Å². The zero-order valence-corrected chi connectivity index (χ0v) is 12.0. The zero-order valence-electron chi connectivity index (χ0n) is 11.2. The van der Waals surface area contributed by atoms with Crippen LogP contribution in [0.15, 0.2) is 17.0 Å². The lowest BCUT2D eigenvalue weighted by molar-refractivity contribution is -0.142. The van der Waals surface area contributed by atoms with Crippen LogP contribution in [0.3, 0.4) is 0 Å². The van der Waals surface area contributed by atoms with E-state index in [-0.39, 0.29) is 47.4 Å². The van der Waals surface area contributed by atoms with Gasteiger partial charge in [-0.1, -0.05) is 0 Å². The fourth-order valence-corrected chi connectivity index (χ4v) is 2.44. The van der Waals surface area contributed by atoms with Crippen LogP contribution in [0.1, 0.15) is 23.6 Å². The number of carbonyl (C=O) groups excluding carboxylic acids is 1. The molecule has 0 saturated carbocycles. The number of thioether (sulfide) groups is 1. The highest BCUT2D eigenvalue weighted by Gasteiger charge is 2.31. The number of halogens is 3. The molecular weight excluding hydrogens is 305 g/mol. The SMILES string of the molecule is CCOC(=O)Cc1c(C#N)cc(CN)cc1SC(F)(F)F. The summed E-state index contributed by atoms with van der Waals surface area (Å²) in [7, 11) is 0. The number of alkyl halides is 3. The summed E-state index contributed by atoms with van der Waals surface area (Å²) in [4.78, 5) is 11.3. The quantitative estimate of drug-likeness (QED) is 0.667. The third-order valence-corrected chi connectivity index (χ3v) is 3.29. The predicted octanol–water partition coefficient (Wildman–Crippen LogP) is 2.73. The van der Waals surface area contributed by atoms with E-state index in [1.54, 1.807) is 13.0 Å². The van der Waals surface area contributed by atoms with Crippen molar-refractivity contribution >= 4 is 17.7 Å². The molecule has 0 spiro atoms. The number of ether oxygens (including phenoxy) is 1. The second kappa shape index (κ2) is 7.33. The Balaban J connectivity index is 3.29. The van der Waals surface area contributed by atoms with Gasteiger partial charge < -0.3 is 10.5 Å². The second-order valence-corrected chi connectivity index (χ2v) is 5.07. The standard InChI is InChI=1S/C13H13F3N2O2S/c1-2-20-12(19)5-10-9(7-18)3-8(6-17)4-11(10)21-13(14,15)16/h3-4H,2,5-6,17H2,1H3. The van der Waals surface area contributed by atoms with Gasteiger partial charge in [0.25, 0.3) is 0 Å². The fraction of sp³-hybridized carbons (Fsp3) is 0.385. The van der Waals surface area contributed by atoms with Crippen molar-refractivity contribution < 1.29 is 22.7 Å². The molecule has 0 aliphatic heterocycles. The molecule has 1 aromatic rings. The highest BCUT2D eigenvalue weighted by molar-refractivity contribution is 8.00. The normalized spacial score (nSPS) is 11.0. The van der Waals surface area contributed by atoms with Gasteiger partial charge in [-0.25, -0.2) is 0 Å². The first-order valence-corrected chi connectivity index (χ1v) is 6.79. The maximum absolute atomic E-state index is 12.6. The maximum atomic E-state index is 12.6. The van der Waals surface area contributed by atoms with E-state index in [1.165, 1.54) is 12.1 Å². The van der Waals surface area contributed by atoms with E-state index in [1.807, 2.05) is 0 Å². The van der Waals surface area contributed by atoms with Crippen LogP contribution in [0.5, 0.6) is 0 Å². The van der Waals surface area contributed by atoms with E-state index >= 15 is 0 Å². The van der Waals surface area contributed by atoms with Crippen LogP contribution in [-0.2, 0) is 22.5 Å². The molecule has 1 aromatic carbocycles. The molecule has 0 fully saturated rings. The first-order chi connectivity index (χ1) is 9.80. The summed E-state index contributed by atoms with van der Waals surface area (Å²) in [5.74, 6) is -0.682. The highest BCUT2D eigenvalue weighted by atomic mass is 32.2. The minimum absolute atomic E-state index is 0.000215. The molecule has 1 rings (SSSR count). The summed E-state index contributed by atoms with van der Waals surface area (Å²) in [6, 6.07) is 4.43. The van der Waals surface area contributed by atoms with E-state index in [2.05, 4.69) is 0 Å². The summed E-state index contributed by atoms with van der Waals surface area (Å²) < 4.78 is 42.6. The van der Waals surface area contributed by atoms with Crippen LogP contribution in [0.25, 0.3) is 0 Å². The average molecular weight is 318 g/mol. The van der Waals surface area contributed by atoms with Crippen molar-refractivity contribution in [2.24, 2.45) is 5.73 Å². The van der Waals surface area contributed by atoms with Crippen LogP contribution in [0, 0.1) is 11.3 Å². The van der Waals surface area contributed by atoms with Gasteiger partial charge in [0.1, 0.15) is 0 Å². The van der Waals surface area contributed by atoms with Gasteiger partial charge in [0, 0.05) is 11.4 Å². The molecule has 4 nitrogen and oxygen atoms in total. The van der Waals surface area contributed by atoms with Gasteiger partial charge in [0.05, 0.1) is 24.7 Å². The molecule has 0 heterocycles. The molecule has 0 unspecified atom stereocenters. The predicted molar refractivity (Wildman–Crippen MR) is 71.3 cm³/mol. The van der Waals surface area contributed by atoms with Crippen molar-refractivity contribution in [1.29, 1.82) is 5.26 Å². The number of benzene rings is 1. The van der Waals surface area contributed by atoms with Gasteiger partial charge in [-0.05, 0) is 41.9 Å². The Morgan fingerprint density at radius 1 is 1.48 bits per heavy atom. The van der Waals surface area contributed by atoms with Crippen LogP contribution in [0.2, 0.25) is 0 Å². The minimum atomic E-state index is -4.52. The Labute approximate surface area is 124 Å². The smallest absolute Gasteiger partial charge is 0.446 e. The van der Waals surface area contributed by atoms with Gasteiger partial charge in [-0.3, -0.25) is 4.79 Å². The number of nitrogens with zero attached hydrogens (tertiary/aromatic N) is 1. The van der Waals surface area contributed by atoms with E-state index < -0.39 is 11.5 Å². The van der Waals surface area contributed by atoms with Gasteiger partial charge in [0.15, 0.2) is 0 Å². The number of nitrogens with two attached hydrogens (primary N) is 1. The lowest BCUT2D eigenvalue weighted by Gasteiger charge is -2.14. The first kappa shape index (κ1) is 17.3.